The van der Waals surface area contributed by atoms with Gasteiger partial charge in [-0.25, -0.2) is 0 Å². The molecule has 3 nitrogen and oxygen atoms in total. The number of rotatable bonds is 3. The van der Waals surface area contributed by atoms with E-state index in [1.807, 2.05) is 36.4 Å². The molecule has 0 aliphatic carbocycles. The second-order valence-corrected chi connectivity index (χ2v) is 7.09. The molecule has 0 radical (unpaired) electrons. The van der Waals surface area contributed by atoms with Crippen molar-refractivity contribution in [2.75, 3.05) is 11.4 Å². The normalized spacial score (nSPS) is 17.4. The third-order valence-corrected chi connectivity index (χ3v) is 5.25. The van der Waals surface area contributed by atoms with Crippen LogP contribution in [0.3, 0.4) is 0 Å². The molecule has 0 bridgehead atoms. The van der Waals surface area contributed by atoms with Gasteiger partial charge in [-0.3, -0.25) is 9.78 Å². The van der Waals surface area contributed by atoms with Crippen molar-refractivity contribution in [1.82, 2.24) is 4.98 Å². The largest absolute Gasteiger partial charge is 0.416 e. The van der Waals surface area contributed by atoms with E-state index in [1.54, 1.807) is 17.3 Å². The van der Waals surface area contributed by atoms with E-state index in [-0.39, 0.29) is 5.91 Å². The average Bonchev–Trinajstić information content (AvgIpc) is 2.74. The summed E-state index contributed by atoms with van der Waals surface area (Å²) >= 11 is 0. The molecule has 1 unspecified atom stereocenters. The number of pyridine rings is 1. The van der Waals surface area contributed by atoms with Crippen molar-refractivity contribution in [2.24, 2.45) is 0 Å². The van der Waals surface area contributed by atoms with Crippen LogP contribution in [0.25, 0.3) is 11.1 Å². The number of carbonyl (C=O) groups is 1. The van der Waals surface area contributed by atoms with Gasteiger partial charge in [-0.1, -0.05) is 30.3 Å². The van der Waals surface area contributed by atoms with Gasteiger partial charge >= 0.3 is 6.18 Å². The summed E-state index contributed by atoms with van der Waals surface area (Å²) in [6.45, 7) is 0.599. The van der Waals surface area contributed by atoms with Crippen molar-refractivity contribution in [3.8, 4) is 11.1 Å². The SMILES string of the molecule is O=C1C(c2ccc(C(F)(F)F)cc2)CCCN1c1ccc(-c2cccnc2)cc1. The molecular weight excluding hydrogens is 377 g/mol. The smallest absolute Gasteiger partial charge is 0.312 e. The van der Waals surface area contributed by atoms with Crippen LogP contribution >= 0.6 is 0 Å². The molecule has 2 heterocycles. The topological polar surface area (TPSA) is 33.2 Å². The van der Waals surface area contributed by atoms with Gasteiger partial charge in [0.15, 0.2) is 0 Å². The zero-order valence-corrected chi connectivity index (χ0v) is 15.6. The molecule has 1 aliphatic rings. The molecule has 6 heteroatoms. The highest BCUT2D eigenvalue weighted by Gasteiger charge is 2.33. The Hall–Kier alpha value is -3.15. The third-order valence-electron chi connectivity index (χ3n) is 5.25. The minimum absolute atomic E-state index is 0.0786. The van der Waals surface area contributed by atoms with Crippen LogP contribution in [-0.2, 0) is 11.0 Å². The molecule has 148 valence electrons. The number of anilines is 1. The lowest BCUT2D eigenvalue weighted by molar-refractivity contribution is -0.137. The van der Waals surface area contributed by atoms with Gasteiger partial charge in [-0.15, -0.1) is 0 Å². The molecule has 0 N–H and O–H groups in total. The lowest BCUT2D eigenvalue weighted by atomic mass is 9.89. The Morgan fingerprint density at radius 1 is 0.931 bits per heavy atom. The summed E-state index contributed by atoms with van der Waals surface area (Å²) in [7, 11) is 0. The maximum Gasteiger partial charge on any atom is 0.416 e. The van der Waals surface area contributed by atoms with Crippen molar-refractivity contribution in [1.29, 1.82) is 0 Å². The number of amides is 1. The fraction of sp³-hybridized carbons (Fsp3) is 0.217. The molecule has 1 fully saturated rings. The lowest BCUT2D eigenvalue weighted by Crippen LogP contribution is -2.40. The summed E-state index contributed by atoms with van der Waals surface area (Å²) in [6.07, 6.45) is 0.542. The molecule has 0 spiro atoms. The van der Waals surface area contributed by atoms with Gasteiger partial charge in [0.05, 0.1) is 11.5 Å². The quantitative estimate of drug-likeness (QED) is 0.571. The van der Waals surface area contributed by atoms with Gasteiger partial charge in [-0.2, -0.15) is 13.2 Å². The van der Waals surface area contributed by atoms with Crippen LogP contribution in [0.15, 0.2) is 73.1 Å². The molecule has 29 heavy (non-hydrogen) atoms. The summed E-state index contributed by atoms with van der Waals surface area (Å²) < 4.78 is 38.4. The summed E-state index contributed by atoms with van der Waals surface area (Å²) in [4.78, 5) is 18.9. The van der Waals surface area contributed by atoms with E-state index in [1.165, 1.54) is 12.1 Å². The second kappa shape index (κ2) is 7.70. The molecule has 2 aromatic carbocycles. The first-order valence-corrected chi connectivity index (χ1v) is 9.42. The summed E-state index contributed by atoms with van der Waals surface area (Å²) in [6, 6.07) is 16.4. The summed E-state index contributed by atoms with van der Waals surface area (Å²) in [5.74, 6) is -0.505. The van der Waals surface area contributed by atoms with E-state index in [9.17, 15) is 18.0 Å². The Balaban J connectivity index is 1.54. The van der Waals surface area contributed by atoms with Crippen LogP contribution in [0.2, 0.25) is 0 Å². The maximum absolute atomic E-state index is 13.1. The number of nitrogens with zero attached hydrogens (tertiary/aromatic N) is 2. The predicted molar refractivity (Wildman–Crippen MR) is 105 cm³/mol. The van der Waals surface area contributed by atoms with Crippen LogP contribution in [-0.4, -0.2) is 17.4 Å². The number of halogens is 3. The third kappa shape index (κ3) is 4.01. The number of piperidine rings is 1. The van der Waals surface area contributed by atoms with E-state index >= 15 is 0 Å². The minimum atomic E-state index is -4.38. The van der Waals surface area contributed by atoms with Crippen molar-refractivity contribution in [3.63, 3.8) is 0 Å². The zero-order chi connectivity index (χ0) is 20.4. The van der Waals surface area contributed by atoms with E-state index in [0.29, 0.717) is 18.5 Å². The number of alkyl halides is 3. The first-order chi connectivity index (χ1) is 13.9. The van der Waals surface area contributed by atoms with Gasteiger partial charge < -0.3 is 4.90 Å². The molecule has 4 rings (SSSR count). The summed E-state index contributed by atoms with van der Waals surface area (Å²) in [5, 5.41) is 0. The number of aromatic nitrogens is 1. The van der Waals surface area contributed by atoms with Crippen LogP contribution in [0.4, 0.5) is 18.9 Å². The molecule has 1 saturated heterocycles. The van der Waals surface area contributed by atoms with Crippen molar-refractivity contribution < 1.29 is 18.0 Å². The molecular formula is C23H19F3N2O. The van der Waals surface area contributed by atoms with Crippen molar-refractivity contribution in [2.45, 2.75) is 24.9 Å². The van der Waals surface area contributed by atoms with Gasteiger partial charge in [0.25, 0.3) is 0 Å². The monoisotopic (exact) mass is 396 g/mol. The van der Waals surface area contributed by atoms with Gasteiger partial charge in [0, 0.05) is 24.6 Å². The Bertz CT molecular complexity index is 983. The summed E-state index contributed by atoms with van der Waals surface area (Å²) in [5.41, 5.74) is 2.71. The van der Waals surface area contributed by atoms with Crippen molar-refractivity contribution >= 4 is 11.6 Å². The van der Waals surface area contributed by atoms with Gasteiger partial charge in [-0.05, 0) is 59.9 Å². The number of hydrogen-bond donors (Lipinski definition) is 0. The second-order valence-electron chi connectivity index (χ2n) is 7.09. The first-order valence-electron chi connectivity index (χ1n) is 9.42. The lowest BCUT2D eigenvalue weighted by Gasteiger charge is -2.32. The molecule has 3 aromatic rings. The molecule has 0 saturated carbocycles. The van der Waals surface area contributed by atoms with Crippen LogP contribution in [0.1, 0.15) is 29.9 Å². The highest BCUT2D eigenvalue weighted by Crippen LogP contribution is 2.34. The van der Waals surface area contributed by atoms with Crippen molar-refractivity contribution in [3.05, 3.63) is 84.2 Å². The van der Waals surface area contributed by atoms with Crippen LogP contribution in [0.5, 0.6) is 0 Å². The number of carbonyl (C=O) groups excluding carboxylic acids is 1. The predicted octanol–water partition coefficient (Wildman–Crippen LogP) is 5.68. The maximum atomic E-state index is 13.1. The van der Waals surface area contributed by atoms with Crippen LogP contribution in [0, 0.1) is 0 Å². The fourth-order valence-electron chi connectivity index (χ4n) is 3.71. The van der Waals surface area contributed by atoms with E-state index in [2.05, 4.69) is 4.98 Å². The number of hydrogen-bond acceptors (Lipinski definition) is 2. The van der Waals surface area contributed by atoms with E-state index < -0.39 is 17.7 Å². The minimum Gasteiger partial charge on any atom is -0.312 e. The molecule has 1 aliphatic heterocycles. The van der Waals surface area contributed by atoms with Gasteiger partial charge in [0.2, 0.25) is 5.91 Å². The first kappa shape index (κ1) is 19.2. The number of benzene rings is 2. The Morgan fingerprint density at radius 2 is 1.66 bits per heavy atom. The highest BCUT2D eigenvalue weighted by molar-refractivity contribution is 5.99. The fourth-order valence-corrected chi connectivity index (χ4v) is 3.71. The Labute approximate surface area is 166 Å². The molecule has 1 amide bonds. The highest BCUT2D eigenvalue weighted by atomic mass is 19.4. The zero-order valence-electron chi connectivity index (χ0n) is 15.6. The van der Waals surface area contributed by atoms with Gasteiger partial charge in [0.1, 0.15) is 0 Å². The van der Waals surface area contributed by atoms with E-state index in [0.717, 1.165) is 35.4 Å². The molecule has 1 atom stereocenters. The van der Waals surface area contributed by atoms with Crippen LogP contribution < -0.4 is 4.90 Å². The Morgan fingerprint density at radius 3 is 2.28 bits per heavy atom. The van der Waals surface area contributed by atoms with E-state index in [4.69, 9.17) is 0 Å². The molecule has 1 aromatic heterocycles. The standard InChI is InChI=1S/C23H19F3N2O/c24-23(25,26)19-9-5-17(6-10-19)21-4-2-14-28(22(21)29)20-11-7-16(8-12-20)18-3-1-13-27-15-18/h1,3,5-13,15,21H,2,4,14H2. The average molecular weight is 396 g/mol. The Kier molecular flexibility index (Phi) is 5.09.